The molecule has 0 saturated carbocycles. The van der Waals surface area contributed by atoms with E-state index in [-0.39, 0.29) is 30.6 Å². The Bertz CT molecular complexity index is 1270. The second-order valence-electron chi connectivity index (χ2n) is 8.54. The first-order valence-electron chi connectivity index (χ1n) is 11.6. The summed E-state index contributed by atoms with van der Waals surface area (Å²) in [5.74, 6) is -3.96. The van der Waals surface area contributed by atoms with Crippen LogP contribution in [-0.2, 0) is 20.8 Å². The molecule has 5 N–H and O–H groups in total. The third kappa shape index (κ3) is 6.76. The molecule has 1 aliphatic rings. The minimum Gasteiger partial charge on any atom is -0.496 e. The van der Waals surface area contributed by atoms with Gasteiger partial charge in [-0.25, -0.2) is 9.18 Å². The Labute approximate surface area is 222 Å². The van der Waals surface area contributed by atoms with E-state index in [1.807, 2.05) is 0 Å². The number of imide groups is 1. The summed E-state index contributed by atoms with van der Waals surface area (Å²) in [6.07, 6.45) is 0.200. The molecule has 0 radical (unpaired) electrons. The van der Waals surface area contributed by atoms with Gasteiger partial charge in [-0.3, -0.25) is 24.1 Å². The lowest BCUT2D eigenvalue weighted by molar-refractivity contribution is -0.133. The molecule has 13 heteroatoms. The zero-order valence-electron chi connectivity index (χ0n) is 20.7. The first-order chi connectivity index (χ1) is 18.0. The number of amides is 6. The highest BCUT2D eigenvalue weighted by atomic mass is 35.5. The van der Waals surface area contributed by atoms with Gasteiger partial charge in [0.15, 0.2) is 0 Å². The average Bonchev–Trinajstić information content (AvgIpc) is 3.02. The van der Waals surface area contributed by atoms with Crippen molar-refractivity contribution in [2.45, 2.75) is 25.8 Å². The number of urea groups is 1. The summed E-state index contributed by atoms with van der Waals surface area (Å²) in [5, 5.41) is 7.77. The zero-order valence-corrected chi connectivity index (χ0v) is 21.4. The molecule has 2 aromatic carbocycles. The fourth-order valence-electron chi connectivity index (χ4n) is 3.90. The molecule has 2 aromatic rings. The van der Waals surface area contributed by atoms with E-state index in [0.29, 0.717) is 16.3 Å². The SMILES string of the molecule is CC[C@@H](NC(=O)N1CC(=O)NCC(Cc2cc(Cl)ccc2OC)C1=O)C(=O)Nc1cc(C(N)=O)ccc1F. The molecule has 3 rings (SSSR count). The van der Waals surface area contributed by atoms with Crippen molar-refractivity contribution in [2.24, 2.45) is 11.7 Å². The number of carbonyl (C=O) groups excluding carboxylic acids is 5. The summed E-state index contributed by atoms with van der Waals surface area (Å²) in [6.45, 7) is 1.01. The molecular weight excluding hydrogens is 521 g/mol. The average molecular weight is 548 g/mol. The predicted molar refractivity (Wildman–Crippen MR) is 136 cm³/mol. The normalized spacial score (nSPS) is 16.2. The first kappa shape index (κ1) is 28.4. The number of halogens is 2. The van der Waals surface area contributed by atoms with Crippen LogP contribution in [0.1, 0.15) is 29.3 Å². The smallest absolute Gasteiger partial charge is 0.325 e. The van der Waals surface area contributed by atoms with Gasteiger partial charge in [-0.05, 0) is 54.8 Å². The number of rotatable bonds is 8. The van der Waals surface area contributed by atoms with Crippen molar-refractivity contribution in [3.05, 3.63) is 58.4 Å². The molecule has 6 amide bonds. The number of hydrogen-bond acceptors (Lipinski definition) is 6. The molecule has 11 nitrogen and oxygen atoms in total. The Morgan fingerprint density at radius 1 is 1.24 bits per heavy atom. The van der Waals surface area contributed by atoms with Crippen LogP contribution in [0.4, 0.5) is 14.9 Å². The van der Waals surface area contributed by atoms with E-state index in [4.69, 9.17) is 22.1 Å². The summed E-state index contributed by atoms with van der Waals surface area (Å²) >= 11 is 6.09. The molecule has 1 unspecified atom stereocenters. The van der Waals surface area contributed by atoms with E-state index in [0.717, 1.165) is 23.1 Å². The van der Waals surface area contributed by atoms with Crippen molar-refractivity contribution >= 4 is 46.9 Å². The maximum Gasteiger partial charge on any atom is 0.325 e. The van der Waals surface area contributed by atoms with Gasteiger partial charge in [-0.1, -0.05) is 18.5 Å². The van der Waals surface area contributed by atoms with Crippen molar-refractivity contribution in [2.75, 3.05) is 25.5 Å². The highest BCUT2D eigenvalue weighted by Gasteiger charge is 2.35. The largest absolute Gasteiger partial charge is 0.496 e. The molecule has 1 aliphatic heterocycles. The van der Waals surface area contributed by atoms with Crippen LogP contribution in [0.15, 0.2) is 36.4 Å². The third-order valence-electron chi connectivity index (χ3n) is 5.95. The number of ether oxygens (including phenoxy) is 1. The molecule has 2 atom stereocenters. The van der Waals surface area contributed by atoms with Crippen molar-refractivity contribution in [1.82, 2.24) is 15.5 Å². The first-order valence-corrected chi connectivity index (χ1v) is 12.0. The van der Waals surface area contributed by atoms with Crippen LogP contribution in [0.25, 0.3) is 0 Å². The highest BCUT2D eigenvalue weighted by Crippen LogP contribution is 2.26. The van der Waals surface area contributed by atoms with Crippen LogP contribution in [0.5, 0.6) is 5.75 Å². The summed E-state index contributed by atoms with van der Waals surface area (Å²) in [5.41, 5.74) is 5.48. The number of primary amides is 1. The number of nitrogens with two attached hydrogens (primary N) is 1. The van der Waals surface area contributed by atoms with Crippen molar-refractivity contribution in [1.29, 1.82) is 0 Å². The fraction of sp³-hybridized carbons (Fsp3) is 0.320. The van der Waals surface area contributed by atoms with E-state index in [2.05, 4.69) is 16.0 Å². The zero-order chi connectivity index (χ0) is 28.0. The van der Waals surface area contributed by atoms with Gasteiger partial charge >= 0.3 is 6.03 Å². The Hall–Kier alpha value is -4.19. The van der Waals surface area contributed by atoms with Crippen molar-refractivity contribution < 1.29 is 33.1 Å². The van der Waals surface area contributed by atoms with Crippen LogP contribution in [0.3, 0.4) is 0 Å². The molecule has 38 heavy (non-hydrogen) atoms. The molecule has 0 aromatic heterocycles. The highest BCUT2D eigenvalue weighted by molar-refractivity contribution is 6.30. The molecule has 0 aliphatic carbocycles. The molecule has 0 bridgehead atoms. The summed E-state index contributed by atoms with van der Waals surface area (Å²) in [7, 11) is 1.47. The van der Waals surface area contributed by atoms with Gasteiger partial charge in [0, 0.05) is 17.1 Å². The number of nitrogens with one attached hydrogen (secondary N) is 3. The topological polar surface area (TPSA) is 160 Å². The van der Waals surface area contributed by atoms with Crippen LogP contribution in [0.2, 0.25) is 5.02 Å². The number of carbonyl (C=O) groups is 5. The molecule has 202 valence electrons. The third-order valence-corrected chi connectivity index (χ3v) is 6.18. The second kappa shape index (κ2) is 12.4. The minimum absolute atomic E-state index is 0.0235. The maximum absolute atomic E-state index is 14.2. The Kier molecular flexibility index (Phi) is 9.24. The number of benzene rings is 2. The monoisotopic (exact) mass is 547 g/mol. The van der Waals surface area contributed by atoms with Gasteiger partial charge in [-0.15, -0.1) is 0 Å². The van der Waals surface area contributed by atoms with Crippen LogP contribution >= 0.6 is 11.6 Å². The second-order valence-corrected chi connectivity index (χ2v) is 8.98. The summed E-state index contributed by atoms with van der Waals surface area (Å²) in [4.78, 5) is 63.6. The van der Waals surface area contributed by atoms with E-state index in [9.17, 15) is 28.4 Å². The van der Waals surface area contributed by atoms with E-state index < -0.39 is 54.0 Å². The number of methoxy groups -OCH3 is 1. The number of hydrogen-bond donors (Lipinski definition) is 4. The summed E-state index contributed by atoms with van der Waals surface area (Å²) < 4.78 is 19.5. The van der Waals surface area contributed by atoms with E-state index in [1.54, 1.807) is 25.1 Å². The quantitative estimate of drug-likeness (QED) is 0.394. The summed E-state index contributed by atoms with van der Waals surface area (Å²) in [6, 6.07) is 5.96. The number of nitrogens with zero attached hydrogens (tertiary/aromatic N) is 1. The lowest BCUT2D eigenvalue weighted by atomic mass is 9.97. The predicted octanol–water partition coefficient (Wildman–Crippen LogP) is 1.83. The lowest BCUT2D eigenvalue weighted by Gasteiger charge is -2.25. The van der Waals surface area contributed by atoms with Crippen molar-refractivity contribution in [3.8, 4) is 5.75 Å². The standard InChI is InChI=1S/C25H27ClFN5O6/c1-3-18(23(35)30-19-10-13(22(28)34)4-6-17(19)27)31-25(37)32-12-21(33)29-11-15(24(32)36)8-14-9-16(26)5-7-20(14)38-2/h4-7,9-10,15,18H,3,8,11-12H2,1-2H3,(H2,28,34)(H,29,33)(H,30,35)(H,31,37)/t15?,18-/m1/s1. The van der Waals surface area contributed by atoms with Gasteiger partial charge in [0.2, 0.25) is 23.6 Å². The van der Waals surface area contributed by atoms with Crippen molar-refractivity contribution in [3.63, 3.8) is 0 Å². The molecule has 0 spiro atoms. The Morgan fingerprint density at radius 2 is 1.97 bits per heavy atom. The minimum atomic E-state index is -1.19. The van der Waals surface area contributed by atoms with Gasteiger partial charge in [0.25, 0.3) is 0 Å². The van der Waals surface area contributed by atoms with Crippen LogP contribution in [0, 0.1) is 11.7 Å². The van der Waals surface area contributed by atoms with Crippen LogP contribution in [-0.4, -0.2) is 60.8 Å². The Morgan fingerprint density at radius 3 is 2.63 bits per heavy atom. The molecule has 1 heterocycles. The molecule has 1 saturated heterocycles. The fourth-order valence-corrected chi connectivity index (χ4v) is 4.09. The van der Waals surface area contributed by atoms with E-state index >= 15 is 0 Å². The van der Waals surface area contributed by atoms with Gasteiger partial charge in [0.1, 0.15) is 24.2 Å². The van der Waals surface area contributed by atoms with Gasteiger partial charge < -0.3 is 26.4 Å². The molecule has 1 fully saturated rings. The Balaban J connectivity index is 1.76. The van der Waals surface area contributed by atoms with Gasteiger partial charge in [-0.2, -0.15) is 0 Å². The maximum atomic E-state index is 14.2. The van der Waals surface area contributed by atoms with E-state index in [1.165, 1.54) is 7.11 Å². The number of anilines is 1. The molecular formula is C25H27ClFN5O6. The van der Waals surface area contributed by atoms with Crippen LogP contribution < -0.4 is 26.4 Å². The van der Waals surface area contributed by atoms with Gasteiger partial charge in [0.05, 0.1) is 18.7 Å². The lowest BCUT2D eigenvalue weighted by Crippen LogP contribution is -2.53.